The van der Waals surface area contributed by atoms with Crippen LogP contribution >= 0.6 is 11.3 Å². The molecule has 6 heteroatoms. The third-order valence-corrected chi connectivity index (χ3v) is 3.92. The lowest BCUT2D eigenvalue weighted by atomic mass is 10.1. The van der Waals surface area contributed by atoms with Gasteiger partial charge in [0.2, 0.25) is 0 Å². The zero-order valence-electron chi connectivity index (χ0n) is 11.5. The Morgan fingerprint density at radius 3 is 2.85 bits per heavy atom. The Labute approximate surface area is 122 Å². The van der Waals surface area contributed by atoms with E-state index in [1.165, 1.54) is 0 Å². The number of hydrogen-bond acceptors (Lipinski definition) is 5. The normalized spacial score (nSPS) is 11.9. The van der Waals surface area contributed by atoms with Crippen molar-refractivity contribution in [1.29, 1.82) is 0 Å². The van der Waals surface area contributed by atoms with E-state index in [4.69, 9.17) is 5.73 Å². The molecule has 2 aromatic rings. The number of hydrogen-bond donors (Lipinski definition) is 3. The summed E-state index contributed by atoms with van der Waals surface area (Å²) in [6.45, 7) is 2.09. The number of carbonyl (C=O) groups is 1. The first-order chi connectivity index (χ1) is 9.65. The number of aromatic nitrogens is 1. The molecule has 1 aromatic heterocycles. The first kappa shape index (κ1) is 14.3. The molecule has 0 bridgehead atoms. The Morgan fingerprint density at radius 1 is 1.50 bits per heavy atom. The van der Waals surface area contributed by atoms with E-state index in [2.05, 4.69) is 22.5 Å². The second-order valence-corrected chi connectivity index (χ2v) is 5.28. The van der Waals surface area contributed by atoms with Crippen LogP contribution in [0.5, 0.6) is 0 Å². The second-order valence-electron chi connectivity index (χ2n) is 4.36. The fraction of sp³-hybridized carbons (Fsp3) is 0.286. The zero-order valence-corrected chi connectivity index (χ0v) is 12.3. The molecule has 0 aliphatic carbocycles. The van der Waals surface area contributed by atoms with Gasteiger partial charge in [-0.15, -0.1) is 11.3 Å². The summed E-state index contributed by atoms with van der Waals surface area (Å²) in [6, 6.07) is 5.39. The lowest BCUT2D eigenvalue weighted by molar-refractivity contribution is 0.0963. The van der Waals surface area contributed by atoms with Crippen LogP contribution in [0.25, 0.3) is 0 Å². The standard InChI is InChI=1S/C14H18N4OS/c1-3-11(14-17-6-7-20-14)18-12-5-4-9(8-10(12)15)13(19)16-2/h4-8,11,18H,3,15H2,1-2H3,(H,16,19). The summed E-state index contributed by atoms with van der Waals surface area (Å²) in [5, 5.41) is 8.94. The van der Waals surface area contributed by atoms with Crippen molar-refractivity contribution in [1.82, 2.24) is 10.3 Å². The monoisotopic (exact) mass is 290 g/mol. The van der Waals surface area contributed by atoms with Crippen LogP contribution in [0.4, 0.5) is 11.4 Å². The SMILES string of the molecule is CCC(Nc1ccc(C(=O)NC)cc1N)c1nccs1. The number of rotatable bonds is 5. The highest BCUT2D eigenvalue weighted by Gasteiger charge is 2.14. The topological polar surface area (TPSA) is 80.0 Å². The molecular formula is C14H18N4OS. The van der Waals surface area contributed by atoms with Crippen molar-refractivity contribution < 1.29 is 4.79 Å². The van der Waals surface area contributed by atoms with E-state index in [0.717, 1.165) is 17.1 Å². The summed E-state index contributed by atoms with van der Waals surface area (Å²) in [5.41, 5.74) is 7.94. The van der Waals surface area contributed by atoms with Gasteiger partial charge in [0.05, 0.1) is 17.4 Å². The highest BCUT2D eigenvalue weighted by molar-refractivity contribution is 7.09. The first-order valence-electron chi connectivity index (χ1n) is 6.43. The van der Waals surface area contributed by atoms with Crippen molar-refractivity contribution in [2.45, 2.75) is 19.4 Å². The summed E-state index contributed by atoms with van der Waals surface area (Å²) in [5.74, 6) is -0.143. The number of nitrogens with one attached hydrogen (secondary N) is 2. The fourth-order valence-electron chi connectivity index (χ4n) is 1.91. The molecule has 0 saturated heterocycles. The van der Waals surface area contributed by atoms with Crippen LogP contribution in [-0.2, 0) is 0 Å². The Kier molecular flexibility index (Phi) is 4.57. The lowest BCUT2D eigenvalue weighted by Crippen LogP contribution is -2.18. The van der Waals surface area contributed by atoms with Crippen LogP contribution < -0.4 is 16.4 Å². The molecule has 0 saturated carbocycles. The minimum absolute atomic E-state index is 0.128. The van der Waals surface area contributed by atoms with Crippen molar-refractivity contribution >= 4 is 28.6 Å². The third kappa shape index (κ3) is 3.08. The van der Waals surface area contributed by atoms with Gasteiger partial charge in [-0.25, -0.2) is 4.98 Å². The van der Waals surface area contributed by atoms with Crippen LogP contribution in [-0.4, -0.2) is 17.9 Å². The van der Waals surface area contributed by atoms with Gasteiger partial charge >= 0.3 is 0 Å². The van der Waals surface area contributed by atoms with Crippen molar-refractivity contribution in [3.05, 3.63) is 40.3 Å². The third-order valence-electron chi connectivity index (χ3n) is 3.03. The summed E-state index contributed by atoms with van der Waals surface area (Å²) in [6.07, 6.45) is 2.70. The molecule has 1 unspecified atom stereocenters. The summed E-state index contributed by atoms with van der Waals surface area (Å²) in [4.78, 5) is 15.9. The molecule has 20 heavy (non-hydrogen) atoms. The number of thiazole rings is 1. The van der Waals surface area contributed by atoms with E-state index in [-0.39, 0.29) is 11.9 Å². The molecule has 1 atom stereocenters. The average molecular weight is 290 g/mol. The molecule has 1 aromatic carbocycles. The highest BCUT2D eigenvalue weighted by Crippen LogP contribution is 2.28. The Balaban J connectivity index is 2.19. The largest absolute Gasteiger partial charge is 0.397 e. The Morgan fingerprint density at radius 2 is 2.30 bits per heavy atom. The summed E-state index contributed by atoms with van der Waals surface area (Å²) < 4.78 is 0. The molecule has 1 amide bonds. The van der Waals surface area contributed by atoms with E-state index in [0.29, 0.717) is 11.3 Å². The maximum Gasteiger partial charge on any atom is 0.251 e. The number of amides is 1. The van der Waals surface area contributed by atoms with Crippen LogP contribution in [0.2, 0.25) is 0 Å². The van der Waals surface area contributed by atoms with E-state index in [9.17, 15) is 4.79 Å². The minimum Gasteiger partial charge on any atom is -0.397 e. The number of benzene rings is 1. The predicted molar refractivity (Wildman–Crippen MR) is 83.0 cm³/mol. The van der Waals surface area contributed by atoms with Crippen LogP contribution in [0.1, 0.15) is 34.8 Å². The van der Waals surface area contributed by atoms with E-state index < -0.39 is 0 Å². The maximum atomic E-state index is 11.5. The molecule has 0 radical (unpaired) electrons. The van der Waals surface area contributed by atoms with Gasteiger partial charge < -0.3 is 16.4 Å². The lowest BCUT2D eigenvalue weighted by Gasteiger charge is -2.17. The summed E-state index contributed by atoms with van der Waals surface area (Å²) >= 11 is 1.61. The van der Waals surface area contributed by atoms with Gasteiger partial charge in [0.15, 0.2) is 0 Å². The number of anilines is 2. The van der Waals surface area contributed by atoms with Gasteiger partial charge in [-0.2, -0.15) is 0 Å². The van der Waals surface area contributed by atoms with Crippen LogP contribution in [0.3, 0.4) is 0 Å². The Bertz CT molecular complexity index is 583. The first-order valence-corrected chi connectivity index (χ1v) is 7.31. The Hall–Kier alpha value is -2.08. The number of nitrogen functional groups attached to an aromatic ring is 1. The van der Waals surface area contributed by atoms with Crippen molar-refractivity contribution in [3.8, 4) is 0 Å². The van der Waals surface area contributed by atoms with E-state index in [1.54, 1.807) is 36.7 Å². The van der Waals surface area contributed by atoms with Gasteiger partial charge in [-0.1, -0.05) is 6.92 Å². The molecule has 5 nitrogen and oxygen atoms in total. The van der Waals surface area contributed by atoms with Crippen LogP contribution in [0, 0.1) is 0 Å². The molecule has 4 N–H and O–H groups in total. The molecule has 2 rings (SSSR count). The van der Waals surface area contributed by atoms with E-state index in [1.807, 2.05) is 11.4 Å². The molecule has 0 fully saturated rings. The summed E-state index contributed by atoms with van der Waals surface area (Å²) in [7, 11) is 1.60. The number of carbonyl (C=O) groups excluding carboxylic acids is 1. The van der Waals surface area contributed by atoms with Crippen molar-refractivity contribution in [2.75, 3.05) is 18.1 Å². The number of nitrogens with two attached hydrogens (primary N) is 1. The molecule has 0 aliphatic heterocycles. The fourth-order valence-corrected chi connectivity index (χ4v) is 2.69. The van der Waals surface area contributed by atoms with Gasteiger partial charge in [0, 0.05) is 24.2 Å². The zero-order chi connectivity index (χ0) is 14.5. The van der Waals surface area contributed by atoms with Gasteiger partial charge in [-0.05, 0) is 24.6 Å². The molecule has 0 aliphatic rings. The average Bonchev–Trinajstić information content (AvgIpc) is 2.99. The minimum atomic E-state index is -0.143. The maximum absolute atomic E-state index is 11.5. The second kappa shape index (κ2) is 6.38. The predicted octanol–water partition coefficient (Wildman–Crippen LogP) is 2.65. The van der Waals surface area contributed by atoms with Gasteiger partial charge in [-0.3, -0.25) is 4.79 Å². The van der Waals surface area contributed by atoms with Crippen LogP contribution in [0.15, 0.2) is 29.8 Å². The number of nitrogens with zero attached hydrogens (tertiary/aromatic N) is 1. The quantitative estimate of drug-likeness (QED) is 0.740. The molecule has 0 spiro atoms. The molecule has 106 valence electrons. The van der Waals surface area contributed by atoms with E-state index >= 15 is 0 Å². The molecular weight excluding hydrogens is 272 g/mol. The van der Waals surface area contributed by atoms with Gasteiger partial charge in [0.1, 0.15) is 5.01 Å². The smallest absolute Gasteiger partial charge is 0.251 e. The molecule has 1 heterocycles. The van der Waals surface area contributed by atoms with Crippen molar-refractivity contribution in [2.24, 2.45) is 0 Å². The van der Waals surface area contributed by atoms with Crippen molar-refractivity contribution in [3.63, 3.8) is 0 Å². The van der Waals surface area contributed by atoms with Gasteiger partial charge in [0.25, 0.3) is 5.91 Å². The highest BCUT2D eigenvalue weighted by atomic mass is 32.1.